The third kappa shape index (κ3) is 2.98. The van der Waals surface area contributed by atoms with Crippen LogP contribution in [0, 0.1) is 13.8 Å². The highest BCUT2D eigenvalue weighted by molar-refractivity contribution is 5.71. The van der Waals surface area contributed by atoms with Gasteiger partial charge < -0.3 is 20.3 Å². The number of aryl methyl sites for hydroxylation is 2. The number of aromatic nitrogens is 3. The summed E-state index contributed by atoms with van der Waals surface area (Å²) in [5, 5.41) is 6.80. The zero-order chi connectivity index (χ0) is 15.5. The summed E-state index contributed by atoms with van der Waals surface area (Å²) in [6, 6.07) is 9.34. The summed E-state index contributed by atoms with van der Waals surface area (Å²) in [5.41, 5.74) is 7.49. The molecule has 0 aliphatic heterocycles. The summed E-state index contributed by atoms with van der Waals surface area (Å²) >= 11 is 0. The number of nitrogen functional groups attached to an aromatic ring is 1. The molecule has 0 unspecified atom stereocenters. The van der Waals surface area contributed by atoms with E-state index in [4.69, 9.17) is 15.0 Å². The molecule has 3 N–H and O–H groups in total. The van der Waals surface area contributed by atoms with Crippen LogP contribution in [-0.2, 0) is 0 Å². The Hall–Kier alpha value is -3.09. The fourth-order valence-electron chi connectivity index (χ4n) is 1.82. The maximum Gasteiger partial charge on any atom is 0.248 e. The second-order valence-corrected chi connectivity index (χ2v) is 4.80. The predicted octanol–water partition coefficient (Wildman–Crippen LogP) is 3.20. The average molecular weight is 297 g/mol. The van der Waals surface area contributed by atoms with Crippen LogP contribution >= 0.6 is 0 Å². The van der Waals surface area contributed by atoms with Crippen molar-refractivity contribution < 1.29 is 9.26 Å². The number of ether oxygens (including phenoxy) is 1. The molecule has 0 aliphatic rings. The smallest absolute Gasteiger partial charge is 0.248 e. The molecule has 0 radical (unpaired) electrons. The highest BCUT2D eigenvalue weighted by atomic mass is 16.5. The van der Waals surface area contributed by atoms with E-state index >= 15 is 0 Å². The molecule has 7 nitrogen and oxygen atoms in total. The van der Waals surface area contributed by atoms with Crippen molar-refractivity contribution >= 4 is 17.3 Å². The van der Waals surface area contributed by atoms with Crippen LogP contribution in [0.4, 0.5) is 17.3 Å². The standard InChI is InChI=1S/C15H15N5O2/c1-9-3-5-11(6-4-9)21-15-13(16)14(17-8-18-15)19-12-7-10(2)22-20-12/h3-8H,16H2,1-2H3,(H,17,18,19,20). The number of nitrogens with one attached hydrogen (secondary N) is 1. The number of nitrogens with two attached hydrogens (primary N) is 1. The molecule has 22 heavy (non-hydrogen) atoms. The van der Waals surface area contributed by atoms with E-state index < -0.39 is 0 Å². The first-order chi connectivity index (χ1) is 10.6. The van der Waals surface area contributed by atoms with Crippen molar-refractivity contribution in [2.24, 2.45) is 0 Å². The molecule has 0 aliphatic carbocycles. The summed E-state index contributed by atoms with van der Waals surface area (Å²) in [4.78, 5) is 8.15. The highest BCUT2D eigenvalue weighted by Crippen LogP contribution is 2.30. The van der Waals surface area contributed by atoms with Crippen LogP contribution in [0.1, 0.15) is 11.3 Å². The molecule has 0 amide bonds. The SMILES string of the molecule is Cc1ccc(Oc2ncnc(Nc3cc(C)on3)c2N)cc1. The van der Waals surface area contributed by atoms with Crippen molar-refractivity contribution in [1.29, 1.82) is 0 Å². The van der Waals surface area contributed by atoms with Gasteiger partial charge in [-0.1, -0.05) is 22.9 Å². The molecular weight excluding hydrogens is 282 g/mol. The molecule has 3 aromatic rings. The van der Waals surface area contributed by atoms with E-state index in [0.717, 1.165) is 5.56 Å². The minimum atomic E-state index is 0.279. The zero-order valence-corrected chi connectivity index (χ0v) is 12.2. The molecule has 0 fully saturated rings. The molecule has 0 atom stereocenters. The molecule has 1 aromatic carbocycles. The fourth-order valence-corrected chi connectivity index (χ4v) is 1.82. The third-order valence-electron chi connectivity index (χ3n) is 2.96. The zero-order valence-electron chi connectivity index (χ0n) is 12.2. The number of benzene rings is 1. The van der Waals surface area contributed by atoms with Crippen molar-refractivity contribution in [3.63, 3.8) is 0 Å². The van der Waals surface area contributed by atoms with E-state index in [2.05, 4.69) is 20.4 Å². The van der Waals surface area contributed by atoms with Crippen molar-refractivity contribution in [2.45, 2.75) is 13.8 Å². The quantitative estimate of drug-likeness (QED) is 0.762. The minimum absolute atomic E-state index is 0.279. The van der Waals surface area contributed by atoms with Gasteiger partial charge in [0, 0.05) is 6.07 Å². The van der Waals surface area contributed by atoms with Crippen LogP contribution in [0.25, 0.3) is 0 Å². The van der Waals surface area contributed by atoms with E-state index in [9.17, 15) is 0 Å². The van der Waals surface area contributed by atoms with Crippen LogP contribution in [-0.4, -0.2) is 15.1 Å². The maximum absolute atomic E-state index is 6.04. The topological polar surface area (TPSA) is 99.1 Å². The van der Waals surface area contributed by atoms with E-state index in [1.165, 1.54) is 6.33 Å². The van der Waals surface area contributed by atoms with Crippen molar-refractivity contribution in [3.8, 4) is 11.6 Å². The normalized spacial score (nSPS) is 10.5. The molecule has 3 rings (SSSR count). The molecular formula is C15H15N5O2. The Labute approximate surface area is 127 Å². The van der Waals surface area contributed by atoms with Crippen LogP contribution in [0.15, 0.2) is 41.2 Å². The summed E-state index contributed by atoms with van der Waals surface area (Å²) in [7, 11) is 0. The monoisotopic (exact) mass is 297 g/mol. The van der Waals surface area contributed by atoms with Gasteiger partial charge in [-0.25, -0.2) is 4.98 Å². The molecule has 0 saturated heterocycles. The van der Waals surface area contributed by atoms with Gasteiger partial charge in [0.2, 0.25) is 5.88 Å². The second-order valence-electron chi connectivity index (χ2n) is 4.80. The van der Waals surface area contributed by atoms with Gasteiger partial charge in [-0.3, -0.25) is 0 Å². The molecule has 0 bridgehead atoms. The number of rotatable bonds is 4. The van der Waals surface area contributed by atoms with Crippen LogP contribution in [0.5, 0.6) is 11.6 Å². The largest absolute Gasteiger partial charge is 0.437 e. The minimum Gasteiger partial charge on any atom is -0.437 e. The molecule has 0 spiro atoms. The van der Waals surface area contributed by atoms with Gasteiger partial charge in [0.1, 0.15) is 23.5 Å². The van der Waals surface area contributed by atoms with Gasteiger partial charge in [-0.05, 0) is 26.0 Å². The maximum atomic E-state index is 6.04. The number of hydrogen-bond acceptors (Lipinski definition) is 7. The lowest BCUT2D eigenvalue weighted by atomic mass is 10.2. The van der Waals surface area contributed by atoms with Gasteiger partial charge in [-0.2, -0.15) is 4.98 Å². The Bertz CT molecular complexity index is 783. The molecule has 0 saturated carbocycles. The lowest BCUT2D eigenvalue weighted by Gasteiger charge is -2.10. The molecule has 7 heteroatoms. The lowest BCUT2D eigenvalue weighted by molar-refractivity contribution is 0.400. The summed E-state index contributed by atoms with van der Waals surface area (Å²) in [6.07, 6.45) is 1.37. The Morgan fingerprint density at radius 2 is 1.91 bits per heavy atom. The summed E-state index contributed by atoms with van der Waals surface area (Å²) in [5.74, 6) is 2.54. The Balaban J connectivity index is 1.83. The van der Waals surface area contributed by atoms with Crippen LogP contribution in [0.2, 0.25) is 0 Å². The highest BCUT2D eigenvalue weighted by Gasteiger charge is 2.12. The Morgan fingerprint density at radius 1 is 1.14 bits per heavy atom. The first-order valence-electron chi connectivity index (χ1n) is 6.67. The van der Waals surface area contributed by atoms with Gasteiger partial charge in [0.25, 0.3) is 0 Å². The van der Waals surface area contributed by atoms with Gasteiger partial charge in [0.15, 0.2) is 11.6 Å². The summed E-state index contributed by atoms with van der Waals surface area (Å²) < 4.78 is 10.7. The Morgan fingerprint density at radius 3 is 2.59 bits per heavy atom. The van der Waals surface area contributed by atoms with Crippen LogP contribution in [0.3, 0.4) is 0 Å². The van der Waals surface area contributed by atoms with Crippen molar-refractivity contribution in [3.05, 3.63) is 48.0 Å². The first-order valence-corrected chi connectivity index (χ1v) is 6.67. The molecule has 112 valence electrons. The third-order valence-corrected chi connectivity index (χ3v) is 2.96. The first kappa shape index (κ1) is 13.9. The van der Waals surface area contributed by atoms with Gasteiger partial charge >= 0.3 is 0 Å². The second kappa shape index (κ2) is 5.72. The summed E-state index contributed by atoms with van der Waals surface area (Å²) in [6.45, 7) is 3.80. The average Bonchev–Trinajstić information content (AvgIpc) is 2.91. The van der Waals surface area contributed by atoms with Crippen molar-refractivity contribution in [2.75, 3.05) is 11.1 Å². The number of nitrogens with zero attached hydrogens (tertiary/aromatic N) is 3. The van der Waals surface area contributed by atoms with E-state index in [0.29, 0.717) is 28.8 Å². The van der Waals surface area contributed by atoms with E-state index in [1.807, 2.05) is 31.2 Å². The van der Waals surface area contributed by atoms with Crippen molar-refractivity contribution in [1.82, 2.24) is 15.1 Å². The van der Waals surface area contributed by atoms with Gasteiger partial charge in [0.05, 0.1) is 0 Å². The molecule has 2 aromatic heterocycles. The van der Waals surface area contributed by atoms with Gasteiger partial charge in [-0.15, -0.1) is 0 Å². The Kier molecular flexibility index (Phi) is 3.61. The van der Waals surface area contributed by atoms with Crippen LogP contribution < -0.4 is 15.8 Å². The number of anilines is 3. The molecule has 2 heterocycles. The number of hydrogen-bond donors (Lipinski definition) is 2. The van der Waals surface area contributed by atoms with E-state index in [1.54, 1.807) is 13.0 Å². The lowest BCUT2D eigenvalue weighted by Crippen LogP contribution is -2.03. The fraction of sp³-hybridized carbons (Fsp3) is 0.133. The van der Waals surface area contributed by atoms with E-state index in [-0.39, 0.29) is 5.88 Å². The predicted molar refractivity (Wildman–Crippen MR) is 82.2 cm³/mol.